The highest BCUT2D eigenvalue weighted by molar-refractivity contribution is 7.21. The Kier molecular flexibility index (Phi) is 6.69. The average molecular weight is 447 g/mol. The molecule has 0 saturated heterocycles. The normalized spacial score (nSPS) is 12.0. The summed E-state index contributed by atoms with van der Waals surface area (Å²) in [6, 6.07) is 12.3. The number of halogens is 1. The third-order valence-corrected chi connectivity index (χ3v) is 5.97. The minimum Gasteiger partial charge on any atom is -0.463 e. The molecule has 0 aliphatic carbocycles. The number of amides is 1. The van der Waals surface area contributed by atoms with Crippen molar-refractivity contribution in [2.24, 2.45) is 0 Å². The number of carbonyl (C=O) groups excluding carboxylic acids is 2. The number of esters is 1. The SMILES string of the molecule is CC(C)OC(=O)CC(NC(=O)c1sc2ccccc2c1Cl)c1ccccc1[N+](=O)[O-]. The molecule has 0 bridgehead atoms. The van der Waals surface area contributed by atoms with Crippen molar-refractivity contribution in [3.63, 3.8) is 0 Å². The van der Waals surface area contributed by atoms with Gasteiger partial charge in [0.2, 0.25) is 0 Å². The standard InChI is InChI=1S/C21H19ClN2O5S/c1-12(2)29-18(25)11-15(13-7-3-5-9-16(13)24(27)28)23-21(26)20-19(22)14-8-4-6-10-17(14)30-20/h3-10,12,15H,11H2,1-2H3,(H,23,26). The molecule has 1 N–H and O–H groups in total. The summed E-state index contributed by atoms with van der Waals surface area (Å²) in [5.41, 5.74) is 0.0244. The number of carbonyl (C=O) groups is 2. The first-order valence-electron chi connectivity index (χ1n) is 9.18. The van der Waals surface area contributed by atoms with Crippen molar-refractivity contribution in [2.45, 2.75) is 32.4 Å². The first-order valence-corrected chi connectivity index (χ1v) is 10.4. The third kappa shape index (κ3) is 4.77. The highest BCUT2D eigenvalue weighted by Crippen LogP contribution is 2.36. The Balaban J connectivity index is 1.95. The van der Waals surface area contributed by atoms with Gasteiger partial charge >= 0.3 is 5.97 Å². The lowest BCUT2D eigenvalue weighted by Crippen LogP contribution is -2.31. The molecule has 7 nitrogen and oxygen atoms in total. The van der Waals surface area contributed by atoms with Crippen molar-refractivity contribution >= 4 is 50.6 Å². The number of nitro benzene ring substituents is 1. The number of fused-ring (bicyclic) bond motifs is 1. The van der Waals surface area contributed by atoms with Gasteiger partial charge in [0.25, 0.3) is 11.6 Å². The number of benzene rings is 2. The number of nitrogens with one attached hydrogen (secondary N) is 1. The maximum absolute atomic E-state index is 13.0. The molecule has 9 heteroatoms. The van der Waals surface area contributed by atoms with Crippen molar-refractivity contribution in [2.75, 3.05) is 0 Å². The van der Waals surface area contributed by atoms with E-state index in [4.69, 9.17) is 16.3 Å². The van der Waals surface area contributed by atoms with Crippen LogP contribution in [0.5, 0.6) is 0 Å². The summed E-state index contributed by atoms with van der Waals surface area (Å²) in [7, 11) is 0. The Morgan fingerprint density at radius 3 is 2.50 bits per heavy atom. The fourth-order valence-electron chi connectivity index (χ4n) is 3.05. The van der Waals surface area contributed by atoms with E-state index < -0.39 is 22.8 Å². The molecule has 0 saturated carbocycles. The van der Waals surface area contributed by atoms with E-state index >= 15 is 0 Å². The summed E-state index contributed by atoms with van der Waals surface area (Å²) in [5, 5.41) is 15.3. The summed E-state index contributed by atoms with van der Waals surface area (Å²) in [5.74, 6) is -1.09. The number of hydrogen-bond donors (Lipinski definition) is 1. The van der Waals surface area contributed by atoms with Crippen LogP contribution in [0.2, 0.25) is 5.02 Å². The van der Waals surface area contributed by atoms with E-state index in [1.165, 1.54) is 29.5 Å². The number of hydrogen-bond acceptors (Lipinski definition) is 6. The van der Waals surface area contributed by atoms with Crippen LogP contribution in [0.4, 0.5) is 5.69 Å². The molecular weight excluding hydrogens is 428 g/mol. The van der Waals surface area contributed by atoms with E-state index in [9.17, 15) is 19.7 Å². The van der Waals surface area contributed by atoms with Gasteiger partial charge in [-0.1, -0.05) is 48.0 Å². The van der Waals surface area contributed by atoms with Gasteiger partial charge in [0.1, 0.15) is 4.88 Å². The van der Waals surface area contributed by atoms with E-state index in [0.29, 0.717) is 5.02 Å². The van der Waals surface area contributed by atoms with Crippen LogP contribution in [0.25, 0.3) is 10.1 Å². The molecule has 1 unspecified atom stereocenters. The Hall–Kier alpha value is -2.97. The summed E-state index contributed by atoms with van der Waals surface area (Å²) >= 11 is 7.60. The van der Waals surface area contributed by atoms with Crippen molar-refractivity contribution in [3.8, 4) is 0 Å². The monoisotopic (exact) mass is 446 g/mol. The molecular formula is C21H19ClN2O5S. The zero-order valence-electron chi connectivity index (χ0n) is 16.3. The smallest absolute Gasteiger partial charge is 0.308 e. The molecule has 0 aliphatic heterocycles. The highest BCUT2D eigenvalue weighted by atomic mass is 35.5. The molecule has 0 fully saturated rings. The summed E-state index contributed by atoms with van der Waals surface area (Å²) in [4.78, 5) is 36.5. The van der Waals surface area contributed by atoms with Gasteiger partial charge in [-0.15, -0.1) is 11.3 Å². The number of para-hydroxylation sites is 1. The predicted octanol–water partition coefficient (Wildman–Crippen LogP) is 5.28. The van der Waals surface area contributed by atoms with Crippen molar-refractivity contribution < 1.29 is 19.2 Å². The van der Waals surface area contributed by atoms with Crippen LogP contribution in [0.3, 0.4) is 0 Å². The first-order chi connectivity index (χ1) is 14.3. The molecule has 3 aromatic rings. The van der Waals surface area contributed by atoms with Crippen molar-refractivity contribution in [1.82, 2.24) is 5.32 Å². The van der Waals surface area contributed by atoms with Crippen LogP contribution < -0.4 is 5.32 Å². The lowest BCUT2D eigenvalue weighted by atomic mass is 10.0. The van der Waals surface area contributed by atoms with Gasteiger partial charge in [0.15, 0.2) is 0 Å². The molecule has 1 aromatic heterocycles. The molecule has 0 aliphatic rings. The molecule has 1 atom stereocenters. The molecule has 0 radical (unpaired) electrons. The molecule has 2 aromatic carbocycles. The first kappa shape index (κ1) is 21.7. The van der Waals surface area contributed by atoms with E-state index in [0.717, 1.165) is 10.1 Å². The Morgan fingerprint density at radius 2 is 1.83 bits per heavy atom. The van der Waals surface area contributed by atoms with Gasteiger partial charge in [-0.25, -0.2) is 0 Å². The number of nitrogens with zero attached hydrogens (tertiary/aromatic N) is 1. The topological polar surface area (TPSA) is 98.5 Å². The Morgan fingerprint density at radius 1 is 1.17 bits per heavy atom. The van der Waals surface area contributed by atoms with E-state index in [1.807, 2.05) is 24.3 Å². The lowest BCUT2D eigenvalue weighted by molar-refractivity contribution is -0.385. The van der Waals surface area contributed by atoms with Gasteiger partial charge in [-0.3, -0.25) is 19.7 Å². The molecule has 1 heterocycles. The minimum absolute atomic E-state index is 0.192. The second-order valence-corrected chi connectivity index (χ2v) is 8.26. The fraction of sp³-hybridized carbons (Fsp3) is 0.238. The highest BCUT2D eigenvalue weighted by Gasteiger charge is 2.28. The summed E-state index contributed by atoms with van der Waals surface area (Å²) in [6.07, 6.45) is -0.603. The average Bonchev–Trinajstić information content (AvgIpc) is 3.04. The summed E-state index contributed by atoms with van der Waals surface area (Å²) in [6.45, 7) is 3.40. The maximum atomic E-state index is 13.0. The van der Waals surface area contributed by atoms with Crippen LogP contribution in [0.15, 0.2) is 48.5 Å². The predicted molar refractivity (Wildman–Crippen MR) is 116 cm³/mol. The number of rotatable bonds is 7. The van der Waals surface area contributed by atoms with E-state index in [-0.39, 0.29) is 28.7 Å². The van der Waals surface area contributed by atoms with Crippen molar-refractivity contribution in [1.29, 1.82) is 0 Å². The second kappa shape index (κ2) is 9.23. The quantitative estimate of drug-likeness (QED) is 0.302. The fourth-order valence-corrected chi connectivity index (χ4v) is 4.47. The van der Waals surface area contributed by atoms with Gasteiger partial charge in [-0.05, 0) is 19.9 Å². The van der Waals surface area contributed by atoms with E-state index in [1.54, 1.807) is 19.9 Å². The molecule has 0 spiro atoms. The minimum atomic E-state index is -0.952. The molecule has 156 valence electrons. The summed E-state index contributed by atoms with van der Waals surface area (Å²) < 4.78 is 6.02. The maximum Gasteiger partial charge on any atom is 0.308 e. The molecule has 1 amide bonds. The van der Waals surface area contributed by atoms with Crippen LogP contribution in [-0.2, 0) is 9.53 Å². The van der Waals surface area contributed by atoms with Gasteiger partial charge in [-0.2, -0.15) is 0 Å². The molecule has 30 heavy (non-hydrogen) atoms. The van der Waals surface area contributed by atoms with E-state index in [2.05, 4.69) is 5.32 Å². The lowest BCUT2D eigenvalue weighted by Gasteiger charge is -2.19. The largest absolute Gasteiger partial charge is 0.463 e. The van der Waals surface area contributed by atoms with Crippen LogP contribution in [-0.4, -0.2) is 22.9 Å². The van der Waals surface area contributed by atoms with Crippen LogP contribution in [0.1, 0.15) is 41.5 Å². The van der Waals surface area contributed by atoms with Crippen LogP contribution in [0, 0.1) is 10.1 Å². The number of nitro groups is 1. The number of thiophene rings is 1. The van der Waals surface area contributed by atoms with Crippen LogP contribution >= 0.6 is 22.9 Å². The van der Waals surface area contributed by atoms with Gasteiger partial charge in [0, 0.05) is 16.2 Å². The zero-order valence-corrected chi connectivity index (χ0v) is 17.8. The second-order valence-electron chi connectivity index (χ2n) is 6.83. The van der Waals surface area contributed by atoms with Gasteiger partial charge < -0.3 is 10.1 Å². The molecule has 3 rings (SSSR count). The Bertz CT molecular complexity index is 1110. The zero-order chi connectivity index (χ0) is 21.8. The van der Waals surface area contributed by atoms with Crippen molar-refractivity contribution in [3.05, 3.63) is 74.1 Å². The number of ether oxygens (including phenoxy) is 1. The Labute approximate surface area is 181 Å². The van der Waals surface area contributed by atoms with Gasteiger partial charge in [0.05, 0.1) is 34.1 Å². The third-order valence-electron chi connectivity index (χ3n) is 4.29.